The molecule has 0 radical (unpaired) electrons. The van der Waals surface area contributed by atoms with Crippen molar-refractivity contribution in [3.63, 3.8) is 0 Å². The summed E-state index contributed by atoms with van der Waals surface area (Å²) in [7, 11) is 0. The summed E-state index contributed by atoms with van der Waals surface area (Å²) in [5.74, 6) is 0. The molecule has 0 aromatic carbocycles. The van der Waals surface area contributed by atoms with E-state index in [-0.39, 0.29) is 0 Å². The highest BCUT2D eigenvalue weighted by Crippen LogP contribution is 2.39. The standard InChI is InChI=1S/C8H11Cl2NO/c9-7(11-6-12)8(10)4-2-1-3-5-8/h7H,1-5H2. The maximum Gasteiger partial charge on any atom is 0.236 e. The van der Waals surface area contributed by atoms with Crippen molar-refractivity contribution < 1.29 is 4.79 Å². The first-order valence-electron chi connectivity index (χ1n) is 4.09. The second-order valence-electron chi connectivity index (χ2n) is 3.15. The Labute approximate surface area is 82.0 Å². The van der Waals surface area contributed by atoms with E-state index in [4.69, 9.17) is 23.2 Å². The summed E-state index contributed by atoms with van der Waals surface area (Å²) in [6, 6.07) is 0. The second kappa shape index (κ2) is 4.27. The zero-order valence-corrected chi connectivity index (χ0v) is 8.24. The molecule has 0 heterocycles. The Morgan fingerprint density at radius 1 is 1.33 bits per heavy atom. The van der Waals surface area contributed by atoms with Crippen LogP contribution < -0.4 is 0 Å². The number of alkyl halides is 2. The molecule has 1 aliphatic carbocycles. The highest BCUT2D eigenvalue weighted by Gasteiger charge is 2.36. The van der Waals surface area contributed by atoms with E-state index in [1.54, 1.807) is 0 Å². The van der Waals surface area contributed by atoms with Gasteiger partial charge in [-0.3, -0.25) is 0 Å². The molecule has 68 valence electrons. The van der Waals surface area contributed by atoms with Crippen molar-refractivity contribution in [2.75, 3.05) is 0 Å². The third kappa shape index (κ3) is 2.22. The molecule has 0 aromatic rings. The number of nitrogens with zero attached hydrogens (tertiary/aromatic N) is 1. The molecular formula is C8H11Cl2NO. The molecule has 4 heteroatoms. The normalized spacial score (nSPS) is 24.2. The van der Waals surface area contributed by atoms with Crippen LogP contribution in [0.4, 0.5) is 0 Å². The van der Waals surface area contributed by atoms with E-state index in [0.29, 0.717) is 0 Å². The number of aliphatic imine (C=N–C) groups is 1. The lowest BCUT2D eigenvalue weighted by atomic mass is 9.88. The Morgan fingerprint density at radius 2 is 1.92 bits per heavy atom. The molecule has 0 aliphatic heterocycles. The van der Waals surface area contributed by atoms with Crippen LogP contribution >= 0.6 is 23.2 Å². The average Bonchev–Trinajstić information content (AvgIpc) is 2.06. The fraction of sp³-hybridized carbons (Fsp3) is 0.875. The van der Waals surface area contributed by atoms with Gasteiger partial charge in [0.25, 0.3) is 0 Å². The van der Waals surface area contributed by atoms with Crippen LogP contribution in [0.5, 0.6) is 0 Å². The predicted octanol–water partition coefficient (Wildman–Crippen LogP) is 2.83. The molecule has 0 N–H and O–H groups in total. The van der Waals surface area contributed by atoms with Crippen molar-refractivity contribution in [3.8, 4) is 0 Å². The lowest BCUT2D eigenvalue weighted by Gasteiger charge is -2.32. The van der Waals surface area contributed by atoms with E-state index in [1.165, 1.54) is 12.5 Å². The summed E-state index contributed by atoms with van der Waals surface area (Å²) >= 11 is 12.0. The zero-order chi connectivity index (χ0) is 9.03. The molecule has 0 aromatic heterocycles. The van der Waals surface area contributed by atoms with Crippen LogP contribution in [0.2, 0.25) is 0 Å². The first kappa shape index (κ1) is 10.0. The van der Waals surface area contributed by atoms with E-state index in [1.807, 2.05) is 0 Å². The van der Waals surface area contributed by atoms with E-state index < -0.39 is 10.4 Å². The maximum atomic E-state index is 9.97. The Hall–Kier alpha value is -0.0400. The van der Waals surface area contributed by atoms with Crippen molar-refractivity contribution in [2.24, 2.45) is 4.99 Å². The molecule has 0 saturated heterocycles. The fourth-order valence-corrected chi connectivity index (χ4v) is 2.11. The molecular weight excluding hydrogens is 197 g/mol. The molecule has 12 heavy (non-hydrogen) atoms. The van der Waals surface area contributed by atoms with Gasteiger partial charge in [-0.2, -0.15) is 4.99 Å². The van der Waals surface area contributed by atoms with E-state index in [0.717, 1.165) is 25.7 Å². The molecule has 1 rings (SSSR count). The lowest BCUT2D eigenvalue weighted by Crippen LogP contribution is -2.33. The van der Waals surface area contributed by atoms with E-state index >= 15 is 0 Å². The van der Waals surface area contributed by atoms with Gasteiger partial charge in [-0.05, 0) is 12.8 Å². The highest BCUT2D eigenvalue weighted by molar-refractivity contribution is 6.32. The van der Waals surface area contributed by atoms with Gasteiger partial charge in [0.1, 0.15) is 0 Å². The Kier molecular flexibility index (Phi) is 3.57. The van der Waals surface area contributed by atoms with Crippen LogP contribution in [0.1, 0.15) is 32.1 Å². The summed E-state index contributed by atoms with van der Waals surface area (Å²) < 4.78 is 0. The minimum Gasteiger partial charge on any atom is -0.211 e. The minimum atomic E-state index is -0.614. The third-order valence-corrected chi connectivity index (χ3v) is 3.49. The van der Waals surface area contributed by atoms with Crippen LogP contribution in [0, 0.1) is 0 Å². The molecule has 1 unspecified atom stereocenters. The van der Waals surface area contributed by atoms with E-state index in [9.17, 15) is 4.79 Å². The average molecular weight is 208 g/mol. The fourth-order valence-electron chi connectivity index (χ4n) is 1.54. The molecule has 1 saturated carbocycles. The minimum absolute atomic E-state index is 0.503. The number of isocyanates is 1. The number of halogens is 2. The summed E-state index contributed by atoms with van der Waals surface area (Å²) in [5, 5.41) is 0. The number of rotatable bonds is 2. The smallest absolute Gasteiger partial charge is 0.211 e. The van der Waals surface area contributed by atoms with Gasteiger partial charge in [-0.15, -0.1) is 11.6 Å². The van der Waals surface area contributed by atoms with Gasteiger partial charge >= 0.3 is 0 Å². The van der Waals surface area contributed by atoms with Crippen LogP contribution in [0.15, 0.2) is 4.99 Å². The summed E-state index contributed by atoms with van der Waals surface area (Å²) in [4.78, 5) is 12.9. The molecule has 0 bridgehead atoms. The first-order chi connectivity index (χ1) is 5.69. The molecule has 0 amide bonds. The van der Waals surface area contributed by atoms with Crippen molar-refractivity contribution in [1.29, 1.82) is 0 Å². The van der Waals surface area contributed by atoms with Crippen LogP contribution in [0.25, 0.3) is 0 Å². The van der Waals surface area contributed by atoms with Gasteiger partial charge in [0.15, 0.2) is 5.50 Å². The highest BCUT2D eigenvalue weighted by atomic mass is 35.5. The topological polar surface area (TPSA) is 29.4 Å². The van der Waals surface area contributed by atoms with Crippen LogP contribution in [-0.4, -0.2) is 16.5 Å². The Morgan fingerprint density at radius 3 is 2.42 bits per heavy atom. The number of hydrogen-bond donors (Lipinski definition) is 0. The monoisotopic (exact) mass is 207 g/mol. The number of carbonyl (C=O) groups excluding carboxylic acids is 1. The van der Waals surface area contributed by atoms with Gasteiger partial charge in [-0.1, -0.05) is 30.9 Å². The van der Waals surface area contributed by atoms with Crippen LogP contribution in [0.3, 0.4) is 0 Å². The SMILES string of the molecule is O=C=NC(Cl)C1(Cl)CCCCC1. The third-order valence-electron chi connectivity index (χ3n) is 2.28. The zero-order valence-electron chi connectivity index (χ0n) is 6.72. The predicted molar refractivity (Wildman–Crippen MR) is 49.4 cm³/mol. The van der Waals surface area contributed by atoms with E-state index in [2.05, 4.69) is 4.99 Å². The van der Waals surface area contributed by atoms with Crippen molar-refractivity contribution in [3.05, 3.63) is 0 Å². The molecule has 2 nitrogen and oxygen atoms in total. The molecule has 1 fully saturated rings. The van der Waals surface area contributed by atoms with Crippen molar-refractivity contribution >= 4 is 29.3 Å². The summed E-state index contributed by atoms with van der Waals surface area (Å²) in [6.45, 7) is 0. The van der Waals surface area contributed by atoms with Crippen molar-refractivity contribution in [1.82, 2.24) is 0 Å². The van der Waals surface area contributed by atoms with Gasteiger partial charge in [0.05, 0.1) is 4.87 Å². The van der Waals surface area contributed by atoms with Gasteiger partial charge in [0.2, 0.25) is 6.08 Å². The lowest BCUT2D eigenvalue weighted by molar-refractivity contribution is 0.379. The molecule has 1 atom stereocenters. The molecule has 1 aliphatic rings. The van der Waals surface area contributed by atoms with Gasteiger partial charge < -0.3 is 0 Å². The summed E-state index contributed by atoms with van der Waals surface area (Å²) in [5.41, 5.74) is -0.614. The summed E-state index contributed by atoms with van der Waals surface area (Å²) in [6.07, 6.45) is 6.47. The quantitative estimate of drug-likeness (QED) is 0.297. The second-order valence-corrected chi connectivity index (χ2v) is 4.32. The van der Waals surface area contributed by atoms with Gasteiger partial charge in [-0.25, -0.2) is 4.79 Å². The Bertz CT molecular complexity index is 195. The maximum absolute atomic E-state index is 9.97. The largest absolute Gasteiger partial charge is 0.236 e. The number of hydrogen-bond acceptors (Lipinski definition) is 2. The first-order valence-corrected chi connectivity index (χ1v) is 4.90. The van der Waals surface area contributed by atoms with Crippen molar-refractivity contribution in [2.45, 2.75) is 42.5 Å². The van der Waals surface area contributed by atoms with Gasteiger partial charge in [0, 0.05) is 0 Å². The van der Waals surface area contributed by atoms with Crippen LogP contribution in [-0.2, 0) is 4.79 Å². The molecule has 0 spiro atoms. The Balaban J connectivity index is 2.61.